The number of hydrogen-bond acceptors (Lipinski definition) is 5. The van der Waals surface area contributed by atoms with E-state index in [2.05, 4.69) is 10.3 Å². The summed E-state index contributed by atoms with van der Waals surface area (Å²) < 4.78 is 30.4. The molecule has 21 heavy (non-hydrogen) atoms. The van der Waals surface area contributed by atoms with E-state index in [1.165, 1.54) is 10.2 Å². The van der Waals surface area contributed by atoms with E-state index < -0.39 is 10.0 Å². The van der Waals surface area contributed by atoms with Gasteiger partial charge in [0.25, 0.3) is 0 Å². The van der Waals surface area contributed by atoms with Crippen LogP contribution in [0.25, 0.3) is 10.9 Å². The Hall–Kier alpha value is -2.02. The molecule has 1 aromatic heterocycles. The van der Waals surface area contributed by atoms with Gasteiger partial charge >= 0.3 is 0 Å². The molecule has 0 spiro atoms. The van der Waals surface area contributed by atoms with E-state index in [4.69, 9.17) is 4.74 Å². The van der Waals surface area contributed by atoms with Gasteiger partial charge in [-0.15, -0.1) is 0 Å². The second kappa shape index (κ2) is 5.07. The quantitative estimate of drug-likeness (QED) is 0.914. The minimum atomic E-state index is -3.37. The Bertz CT molecular complexity index is 821. The predicted molar refractivity (Wildman–Crippen MR) is 82.7 cm³/mol. The number of amidine groups is 1. The van der Waals surface area contributed by atoms with Crippen LogP contribution in [0.4, 0.5) is 0 Å². The predicted octanol–water partition coefficient (Wildman–Crippen LogP) is 1.00. The van der Waals surface area contributed by atoms with Gasteiger partial charge in [-0.2, -0.15) is 0 Å². The molecule has 0 saturated carbocycles. The van der Waals surface area contributed by atoms with Crippen LogP contribution in [0.15, 0.2) is 29.4 Å². The lowest BCUT2D eigenvalue weighted by atomic mass is 10.1. The average molecular weight is 307 g/mol. The molecule has 0 amide bonds. The summed E-state index contributed by atoms with van der Waals surface area (Å²) in [6.07, 6.45) is 3.47. The van der Waals surface area contributed by atoms with Crippen LogP contribution in [-0.2, 0) is 16.4 Å². The van der Waals surface area contributed by atoms with E-state index >= 15 is 0 Å². The van der Waals surface area contributed by atoms with E-state index in [1.54, 1.807) is 19.4 Å². The molecular weight excluding hydrogens is 290 g/mol. The summed E-state index contributed by atoms with van der Waals surface area (Å²) in [5.41, 5.74) is 1.57. The van der Waals surface area contributed by atoms with Gasteiger partial charge in [-0.25, -0.2) is 12.4 Å². The Morgan fingerprint density at radius 3 is 2.86 bits per heavy atom. The van der Waals surface area contributed by atoms with Crippen molar-refractivity contribution >= 4 is 26.8 Å². The molecule has 3 rings (SSSR count). The molecule has 0 saturated heterocycles. The lowest BCUT2D eigenvalue weighted by Gasteiger charge is -2.04. The van der Waals surface area contributed by atoms with Gasteiger partial charge in [0.05, 0.1) is 25.4 Å². The third-order valence-corrected chi connectivity index (χ3v) is 4.54. The number of ether oxygens (including phenoxy) is 1. The van der Waals surface area contributed by atoms with Gasteiger partial charge in [-0.3, -0.25) is 4.99 Å². The van der Waals surface area contributed by atoms with Gasteiger partial charge in [0.2, 0.25) is 10.0 Å². The largest absolute Gasteiger partial charge is 0.497 e. The maximum absolute atomic E-state index is 12.0. The summed E-state index contributed by atoms with van der Waals surface area (Å²) in [4.78, 5) is 4.37. The summed E-state index contributed by atoms with van der Waals surface area (Å²) in [5, 5.41) is 4.11. The first-order valence-corrected chi connectivity index (χ1v) is 8.49. The monoisotopic (exact) mass is 307 g/mol. The lowest BCUT2D eigenvalue weighted by molar-refractivity contribution is 0.415. The highest BCUT2D eigenvalue weighted by atomic mass is 32.2. The van der Waals surface area contributed by atoms with Crippen LogP contribution < -0.4 is 10.1 Å². The second-order valence-corrected chi connectivity index (χ2v) is 6.89. The van der Waals surface area contributed by atoms with E-state index in [-0.39, 0.29) is 0 Å². The fraction of sp³-hybridized carbons (Fsp3) is 0.357. The number of methoxy groups -OCH3 is 1. The zero-order valence-electron chi connectivity index (χ0n) is 12.0. The standard InChI is InChI=1S/C14H17N3O3S/c1-20-11-3-4-12-10(7-14-15-5-6-16-14)9-17(13(12)8-11)21(2,18)19/h3-4,8-9H,5-7H2,1-2H3,(H,15,16). The smallest absolute Gasteiger partial charge is 0.236 e. The van der Waals surface area contributed by atoms with Crippen molar-refractivity contribution in [2.75, 3.05) is 26.5 Å². The third kappa shape index (κ3) is 2.61. The number of aromatic nitrogens is 1. The number of nitrogens with zero attached hydrogens (tertiary/aromatic N) is 2. The maximum atomic E-state index is 12.0. The van der Waals surface area contributed by atoms with E-state index in [1.807, 2.05) is 12.1 Å². The average Bonchev–Trinajstić information content (AvgIpc) is 3.06. The van der Waals surface area contributed by atoms with Crippen molar-refractivity contribution in [2.45, 2.75) is 6.42 Å². The summed E-state index contributed by atoms with van der Waals surface area (Å²) >= 11 is 0. The van der Waals surface area contributed by atoms with Crippen molar-refractivity contribution in [3.8, 4) is 5.75 Å². The van der Waals surface area contributed by atoms with Gasteiger partial charge in [-0.05, 0) is 17.7 Å². The zero-order chi connectivity index (χ0) is 15.0. The van der Waals surface area contributed by atoms with Crippen molar-refractivity contribution in [1.29, 1.82) is 0 Å². The molecule has 1 aromatic carbocycles. The van der Waals surface area contributed by atoms with Gasteiger partial charge < -0.3 is 10.1 Å². The summed E-state index contributed by atoms with van der Waals surface area (Å²) in [6, 6.07) is 5.47. The Morgan fingerprint density at radius 2 is 2.24 bits per heavy atom. The van der Waals surface area contributed by atoms with Crippen molar-refractivity contribution < 1.29 is 13.2 Å². The first-order valence-electron chi connectivity index (χ1n) is 6.65. The van der Waals surface area contributed by atoms with Crippen LogP contribution in [0.2, 0.25) is 0 Å². The molecule has 0 radical (unpaired) electrons. The van der Waals surface area contributed by atoms with Crippen LogP contribution in [-0.4, -0.2) is 44.7 Å². The molecule has 1 N–H and O–H groups in total. The topological polar surface area (TPSA) is 72.7 Å². The SMILES string of the molecule is COc1ccc2c(CC3=NCCN3)cn(S(C)(=O)=O)c2c1. The molecule has 1 aliphatic rings. The van der Waals surface area contributed by atoms with Crippen LogP contribution in [0.5, 0.6) is 5.75 Å². The van der Waals surface area contributed by atoms with Crippen LogP contribution in [0.1, 0.15) is 5.56 Å². The van der Waals surface area contributed by atoms with Gasteiger partial charge in [0.1, 0.15) is 11.6 Å². The highest BCUT2D eigenvalue weighted by molar-refractivity contribution is 7.89. The van der Waals surface area contributed by atoms with E-state index in [0.717, 1.165) is 29.9 Å². The maximum Gasteiger partial charge on any atom is 0.236 e. The minimum Gasteiger partial charge on any atom is -0.497 e. The fourth-order valence-electron chi connectivity index (χ4n) is 2.53. The highest BCUT2D eigenvalue weighted by Gasteiger charge is 2.17. The minimum absolute atomic E-state index is 0.603. The molecule has 2 heterocycles. The Balaban J connectivity index is 2.16. The number of hydrogen-bond donors (Lipinski definition) is 1. The number of benzene rings is 1. The third-order valence-electron chi connectivity index (χ3n) is 3.52. The van der Waals surface area contributed by atoms with Crippen LogP contribution in [0, 0.1) is 0 Å². The number of fused-ring (bicyclic) bond motifs is 1. The van der Waals surface area contributed by atoms with Gasteiger partial charge in [-0.1, -0.05) is 0 Å². The molecule has 0 atom stereocenters. The normalized spacial score (nSPS) is 15.0. The van der Waals surface area contributed by atoms with Crippen molar-refractivity contribution in [2.24, 2.45) is 4.99 Å². The highest BCUT2D eigenvalue weighted by Crippen LogP contribution is 2.27. The first kappa shape index (κ1) is 13.9. The van der Waals surface area contributed by atoms with Crippen molar-refractivity contribution in [1.82, 2.24) is 9.29 Å². The summed E-state index contributed by atoms with van der Waals surface area (Å²) in [6.45, 7) is 1.61. The van der Waals surface area contributed by atoms with Crippen LogP contribution >= 0.6 is 0 Å². The molecule has 0 fully saturated rings. The second-order valence-electron chi connectivity index (χ2n) is 5.03. The molecule has 2 aromatic rings. The van der Waals surface area contributed by atoms with Gasteiger partial charge in [0.15, 0.2) is 0 Å². The molecule has 6 nitrogen and oxygen atoms in total. The summed E-state index contributed by atoms with van der Waals surface area (Å²) in [5.74, 6) is 1.53. The lowest BCUT2D eigenvalue weighted by Crippen LogP contribution is -2.20. The molecule has 0 unspecified atom stereocenters. The Labute approximate surface area is 123 Å². The van der Waals surface area contributed by atoms with E-state index in [9.17, 15) is 8.42 Å². The number of rotatable bonds is 4. The molecule has 0 aliphatic carbocycles. The molecular formula is C14H17N3O3S. The van der Waals surface area contributed by atoms with E-state index in [0.29, 0.717) is 17.7 Å². The Kier molecular flexibility index (Phi) is 3.36. The molecule has 0 bridgehead atoms. The van der Waals surface area contributed by atoms with Crippen LogP contribution in [0.3, 0.4) is 0 Å². The molecule has 7 heteroatoms. The summed E-state index contributed by atoms with van der Waals surface area (Å²) in [7, 11) is -1.80. The first-order chi connectivity index (χ1) is 9.99. The van der Waals surface area contributed by atoms with Gasteiger partial charge in [0, 0.05) is 30.6 Å². The molecule has 1 aliphatic heterocycles. The van der Waals surface area contributed by atoms with Crippen molar-refractivity contribution in [3.05, 3.63) is 30.0 Å². The fourth-order valence-corrected chi connectivity index (χ4v) is 3.36. The Morgan fingerprint density at radius 1 is 1.43 bits per heavy atom. The molecule has 112 valence electrons. The van der Waals surface area contributed by atoms with Crippen molar-refractivity contribution in [3.63, 3.8) is 0 Å². The number of nitrogens with one attached hydrogen (secondary N) is 1. The number of aliphatic imine (C=N–C) groups is 1. The zero-order valence-corrected chi connectivity index (χ0v) is 12.8.